The molecule has 0 atom stereocenters. The summed E-state index contributed by atoms with van der Waals surface area (Å²) in [6.45, 7) is -0.142. The quantitative estimate of drug-likeness (QED) is 0.741. The topological polar surface area (TPSA) is 118 Å². The lowest BCUT2D eigenvalue weighted by molar-refractivity contribution is -0.117. The number of hydrogen-bond acceptors (Lipinski definition) is 6. The summed E-state index contributed by atoms with van der Waals surface area (Å²) >= 11 is 0. The molecule has 2 heterocycles. The van der Waals surface area contributed by atoms with Crippen molar-refractivity contribution in [2.75, 3.05) is 24.7 Å². The van der Waals surface area contributed by atoms with Crippen molar-refractivity contribution < 1.29 is 14.0 Å². The van der Waals surface area contributed by atoms with Crippen molar-refractivity contribution in [3.8, 4) is 0 Å². The van der Waals surface area contributed by atoms with Crippen LogP contribution >= 0.6 is 0 Å². The van der Waals surface area contributed by atoms with Gasteiger partial charge in [-0.1, -0.05) is 12.1 Å². The predicted octanol–water partition coefficient (Wildman–Crippen LogP) is 1.15. The number of para-hydroxylation sites is 2. The highest BCUT2D eigenvalue weighted by Crippen LogP contribution is 2.17. The molecular formula is C14H15N7O3. The Kier molecular flexibility index (Phi) is 4.10. The molecule has 10 nitrogen and oxygen atoms in total. The summed E-state index contributed by atoms with van der Waals surface area (Å²) in [5.74, 6) is -0.147. The minimum Gasteiger partial charge on any atom is -0.423 e. The van der Waals surface area contributed by atoms with E-state index >= 15 is 0 Å². The SMILES string of the molecule is CN(C)C(=O)Nc1cnn(CC(=O)Nc2nc3ccccc3o2)n1. The Balaban J connectivity index is 1.60. The van der Waals surface area contributed by atoms with E-state index in [1.165, 1.54) is 11.1 Å². The van der Waals surface area contributed by atoms with E-state index in [0.717, 1.165) is 4.80 Å². The van der Waals surface area contributed by atoms with Gasteiger partial charge in [-0.3, -0.25) is 15.4 Å². The van der Waals surface area contributed by atoms with Crippen LogP contribution < -0.4 is 10.6 Å². The summed E-state index contributed by atoms with van der Waals surface area (Å²) in [6.07, 6.45) is 1.36. The van der Waals surface area contributed by atoms with Gasteiger partial charge < -0.3 is 9.32 Å². The number of amides is 3. The Morgan fingerprint density at radius 2 is 2.04 bits per heavy atom. The number of rotatable bonds is 4. The molecule has 0 bridgehead atoms. The molecule has 0 aliphatic carbocycles. The number of carbonyl (C=O) groups excluding carboxylic acids is 2. The zero-order valence-electron chi connectivity index (χ0n) is 13.1. The van der Waals surface area contributed by atoms with Gasteiger partial charge in [0.15, 0.2) is 11.4 Å². The predicted molar refractivity (Wildman–Crippen MR) is 85.4 cm³/mol. The van der Waals surface area contributed by atoms with Crippen molar-refractivity contribution in [1.82, 2.24) is 24.9 Å². The largest absolute Gasteiger partial charge is 0.423 e. The first-order valence-electron chi connectivity index (χ1n) is 7.05. The minimum atomic E-state index is -0.400. The van der Waals surface area contributed by atoms with Gasteiger partial charge in [-0.2, -0.15) is 14.9 Å². The Bertz CT molecular complexity index is 850. The van der Waals surface area contributed by atoms with Crippen LogP contribution in [0.4, 0.5) is 16.6 Å². The van der Waals surface area contributed by atoms with Crippen molar-refractivity contribution in [3.63, 3.8) is 0 Å². The van der Waals surface area contributed by atoms with Crippen LogP contribution in [-0.2, 0) is 11.3 Å². The van der Waals surface area contributed by atoms with E-state index in [4.69, 9.17) is 4.42 Å². The van der Waals surface area contributed by atoms with Crippen molar-refractivity contribution in [3.05, 3.63) is 30.5 Å². The fraction of sp³-hybridized carbons (Fsp3) is 0.214. The molecule has 0 aliphatic heterocycles. The molecule has 24 heavy (non-hydrogen) atoms. The standard InChI is InChI=1S/C14H15N7O3/c1-20(2)14(23)17-11-7-15-21(19-11)8-12(22)18-13-16-9-5-3-4-6-10(9)24-13/h3-7H,8H2,1-2H3,(H,16,18,22)(H,17,19,23). The molecular weight excluding hydrogens is 314 g/mol. The Morgan fingerprint density at radius 3 is 2.79 bits per heavy atom. The number of benzene rings is 1. The van der Waals surface area contributed by atoms with Crippen LogP contribution in [0.25, 0.3) is 11.1 Å². The second kappa shape index (κ2) is 6.36. The first-order valence-corrected chi connectivity index (χ1v) is 7.05. The number of aromatic nitrogens is 4. The van der Waals surface area contributed by atoms with Gasteiger partial charge in [0.25, 0.3) is 5.91 Å². The Morgan fingerprint density at radius 1 is 1.25 bits per heavy atom. The number of nitrogens with zero attached hydrogens (tertiary/aromatic N) is 5. The Hall–Kier alpha value is -3.43. The average Bonchev–Trinajstić information content (AvgIpc) is 3.12. The molecule has 1 aromatic carbocycles. The fourth-order valence-corrected chi connectivity index (χ4v) is 1.87. The van der Waals surface area contributed by atoms with Crippen molar-refractivity contribution in [2.24, 2.45) is 0 Å². The number of hydrogen-bond donors (Lipinski definition) is 2. The van der Waals surface area contributed by atoms with Crippen LogP contribution in [0.5, 0.6) is 0 Å². The van der Waals surface area contributed by atoms with Crippen molar-refractivity contribution in [1.29, 1.82) is 0 Å². The second-order valence-electron chi connectivity index (χ2n) is 5.12. The smallest absolute Gasteiger partial charge is 0.322 e. The van der Waals surface area contributed by atoms with E-state index in [1.807, 2.05) is 12.1 Å². The third-order valence-corrected chi connectivity index (χ3v) is 3.00. The molecule has 0 fully saturated rings. The van der Waals surface area contributed by atoms with Crippen LogP contribution in [0.1, 0.15) is 0 Å². The zero-order chi connectivity index (χ0) is 17.1. The molecule has 0 radical (unpaired) electrons. The molecule has 2 aromatic heterocycles. The fourth-order valence-electron chi connectivity index (χ4n) is 1.87. The van der Waals surface area contributed by atoms with Crippen LogP contribution in [0, 0.1) is 0 Å². The molecule has 0 aliphatic rings. The maximum absolute atomic E-state index is 12.0. The number of oxazole rings is 1. The lowest BCUT2D eigenvalue weighted by Gasteiger charge is -2.09. The lowest BCUT2D eigenvalue weighted by Crippen LogP contribution is -2.27. The van der Waals surface area contributed by atoms with E-state index in [9.17, 15) is 9.59 Å². The van der Waals surface area contributed by atoms with Gasteiger partial charge in [-0.05, 0) is 12.1 Å². The molecule has 3 amide bonds. The maximum Gasteiger partial charge on any atom is 0.322 e. The highest BCUT2D eigenvalue weighted by atomic mass is 16.4. The highest BCUT2D eigenvalue weighted by Gasteiger charge is 2.12. The summed E-state index contributed by atoms with van der Waals surface area (Å²) in [4.78, 5) is 30.2. The number of anilines is 2. The summed E-state index contributed by atoms with van der Waals surface area (Å²) in [6, 6.07) is 6.95. The second-order valence-corrected chi connectivity index (χ2v) is 5.12. The number of carbonyl (C=O) groups is 2. The number of fused-ring (bicyclic) bond motifs is 1. The van der Waals surface area contributed by atoms with Crippen LogP contribution in [0.2, 0.25) is 0 Å². The average molecular weight is 329 g/mol. The first-order chi connectivity index (χ1) is 11.5. The molecule has 0 spiro atoms. The van der Waals surface area contributed by atoms with Crippen molar-refractivity contribution >= 4 is 34.9 Å². The van der Waals surface area contributed by atoms with Crippen LogP contribution in [0.15, 0.2) is 34.9 Å². The molecule has 10 heteroatoms. The molecule has 0 unspecified atom stereocenters. The summed E-state index contributed by atoms with van der Waals surface area (Å²) < 4.78 is 5.40. The van der Waals surface area contributed by atoms with Gasteiger partial charge in [-0.15, -0.1) is 5.10 Å². The van der Waals surface area contributed by atoms with E-state index in [1.54, 1.807) is 26.2 Å². The molecule has 124 valence electrons. The van der Waals surface area contributed by atoms with E-state index < -0.39 is 5.91 Å². The molecule has 3 aromatic rings. The molecule has 2 N–H and O–H groups in total. The third kappa shape index (κ3) is 3.48. The van der Waals surface area contributed by atoms with E-state index in [-0.39, 0.29) is 24.4 Å². The molecule has 3 rings (SSSR count). The normalized spacial score (nSPS) is 10.6. The van der Waals surface area contributed by atoms with Gasteiger partial charge in [0.1, 0.15) is 12.1 Å². The van der Waals surface area contributed by atoms with Crippen LogP contribution in [-0.4, -0.2) is 50.9 Å². The van der Waals surface area contributed by atoms with Gasteiger partial charge in [0.2, 0.25) is 0 Å². The van der Waals surface area contributed by atoms with Gasteiger partial charge in [-0.25, -0.2) is 4.79 Å². The molecule has 0 saturated heterocycles. The number of nitrogens with one attached hydrogen (secondary N) is 2. The summed E-state index contributed by atoms with van der Waals surface area (Å²) in [5.41, 5.74) is 1.23. The molecule has 0 saturated carbocycles. The summed E-state index contributed by atoms with van der Waals surface area (Å²) in [5, 5.41) is 13.0. The monoisotopic (exact) mass is 329 g/mol. The number of urea groups is 1. The van der Waals surface area contributed by atoms with Gasteiger partial charge in [0, 0.05) is 14.1 Å². The zero-order valence-corrected chi connectivity index (χ0v) is 13.1. The third-order valence-electron chi connectivity index (χ3n) is 3.00. The van der Waals surface area contributed by atoms with Gasteiger partial charge >= 0.3 is 12.0 Å². The van der Waals surface area contributed by atoms with Crippen molar-refractivity contribution in [2.45, 2.75) is 6.54 Å². The summed E-state index contributed by atoms with van der Waals surface area (Å²) in [7, 11) is 3.21. The minimum absolute atomic E-state index is 0.106. The van der Waals surface area contributed by atoms with Crippen LogP contribution in [0.3, 0.4) is 0 Å². The Labute approximate surface area is 136 Å². The van der Waals surface area contributed by atoms with E-state index in [2.05, 4.69) is 25.8 Å². The first kappa shape index (κ1) is 15.5. The van der Waals surface area contributed by atoms with E-state index in [0.29, 0.717) is 11.1 Å². The highest BCUT2D eigenvalue weighted by molar-refractivity contribution is 5.90. The van der Waals surface area contributed by atoms with Gasteiger partial charge in [0.05, 0.1) is 6.20 Å². The lowest BCUT2D eigenvalue weighted by atomic mass is 10.3. The maximum atomic E-state index is 12.0.